The van der Waals surface area contributed by atoms with Crippen LogP contribution in [0, 0.1) is 12.7 Å². The van der Waals surface area contributed by atoms with E-state index in [1.165, 1.54) is 18.3 Å². The minimum Gasteiger partial charge on any atom is -0.380 e. The summed E-state index contributed by atoms with van der Waals surface area (Å²) in [7, 11) is 0. The second-order valence-corrected chi connectivity index (χ2v) is 7.42. The Bertz CT molecular complexity index is 829. The van der Waals surface area contributed by atoms with Crippen LogP contribution in [0.15, 0.2) is 36.7 Å². The molecule has 3 heterocycles. The van der Waals surface area contributed by atoms with Gasteiger partial charge in [0.2, 0.25) is 0 Å². The van der Waals surface area contributed by atoms with Crippen molar-refractivity contribution in [1.29, 1.82) is 0 Å². The molecule has 1 spiro atoms. The summed E-state index contributed by atoms with van der Waals surface area (Å²) in [5.74, 6) is -0.367. The van der Waals surface area contributed by atoms with Gasteiger partial charge >= 0.3 is 0 Å². The molecular weight excluding hydrogens is 347 g/mol. The lowest BCUT2D eigenvalue weighted by Crippen LogP contribution is -2.50. The van der Waals surface area contributed by atoms with Crippen molar-refractivity contribution in [3.8, 4) is 0 Å². The fourth-order valence-corrected chi connectivity index (χ4v) is 3.97. The lowest BCUT2D eigenvalue weighted by molar-refractivity contribution is -0.0448. The van der Waals surface area contributed by atoms with E-state index < -0.39 is 0 Å². The Morgan fingerprint density at radius 2 is 2.26 bits per heavy atom. The molecule has 27 heavy (non-hydrogen) atoms. The largest absolute Gasteiger partial charge is 0.380 e. The molecule has 0 saturated carbocycles. The van der Waals surface area contributed by atoms with E-state index >= 15 is 0 Å². The minimum absolute atomic E-state index is 0.0982. The molecule has 2 aliphatic heterocycles. The quantitative estimate of drug-likeness (QED) is 0.900. The Labute approximate surface area is 157 Å². The van der Waals surface area contributed by atoms with E-state index in [2.05, 4.69) is 15.3 Å². The van der Waals surface area contributed by atoms with E-state index in [1.54, 1.807) is 12.3 Å². The lowest BCUT2D eigenvalue weighted by Gasteiger charge is -2.39. The van der Waals surface area contributed by atoms with E-state index in [0.717, 1.165) is 30.6 Å². The van der Waals surface area contributed by atoms with Crippen LogP contribution in [0.4, 0.5) is 10.1 Å². The van der Waals surface area contributed by atoms with Crippen LogP contribution in [-0.4, -0.2) is 52.1 Å². The van der Waals surface area contributed by atoms with Crippen molar-refractivity contribution < 1.29 is 13.9 Å². The van der Waals surface area contributed by atoms with Gasteiger partial charge in [-0.05, 0) is 38.0 Å². The fraction of sp³-hybridized carbons (Fsp3) is 0.450. The number of aromatic nitrogens is 2. The van der Waals surface area contributed by atoms with Crippen LogP contribution in [0.25, 0.3) is 0 Å². The molecule has 0 radical (unpaired) electrons. The molecule has 1 aromatic heterocycles. The smallest absolute Gasteiger partial charge is 0.274 e. The first kappa shape index (κ1) is 17.9. The predicted molar refractivity (Wildman–Crippen MR) is 99.0 cm³/mol. The number of benzene rings is 1. The first-order chi connectivity index (χ1) is 13.0. The average molecular weight is 370 g/mol. The van der Waals surface area contributed by atoms with Crippen molar-refractivity contribution in [3.63, 3.8) is 0 Å². The normalized spacial score (nSPS) is 25.0. The number of aryl methyl sites for hydroxylation is 1. The number of carbonyl (C=O) groups is 1. The highest BCUT2D eigenvalue weighted by molar-refractivity contribution is 5.92. The third-order valence-electron chi connectivity index (χ3n) is 5.23. The van der Waals surface area contributed by atoms with E-state index in [-0.39, 0.29) is 23.4 Å². The van der Waals surface area contributed by atoms with Crippen LogP contribution in [0.3, 0.4) is 0 Å². The third kappa shape index (κ3) is 3.93. The number of hydrogen-bond acceptors (Lipinski definition) is 5. The zero-order valence-corrected chi connectivity index (χ0v) is 15.3. The number of piperidine rings is 1. The lowest BCUT2D eigenvalue weighted by atomic mass is 9.88. The molecule has 142 valence electrons. The van der Waals surface area contributed by atoms with Gasteiger partial charge in [0, 0.05) is 24.8 Å². The Morgan fingerprint density at radius 1 is 1.37 bits per heavy atom. The SMILES string of the molecule is Cc1cnc(C(=O)N2CCCC3(CC(Nc4cccc(F)c4)CO3)C2)cn1. The number of carbonyl (C=O) groups excluding carboxylic acids is 1. The van der Waals surface area contributed by atoms with Crippen molar-refractivity contribution in [3.05, 3.63) is 53.9 Å². The molecule has 0 aliphatic carbocycles. The number of nitrogens with zero attached hydrogens (tertiary/aromatic N) is 3. The van der Waals surface area contributed by atoms with Crippen LogP contribution < -0.4 is 5.32 Å². The topological polar surface area (TPSA) is 67.4 Å². The van der Waals surface area contributed by atoms with Gasteiger partial charge in [-0.25, -0.2) is 9.37 Å². The number of hydrogen-bond donors (Lipinski definition) is 1. The highest BCUT2D eigenvalue weighted by Gasteiger charge is 2.44. The number of amides is 1. The van der Waals surface area contributed by atoms with Gasteiger partial charge in [-0.1, -0.05) is 6.07 Å². The monoisotopic (exact) mass is 370 g/mol. The number of anilines is 1. The summed E-state index contributed by atoms with van der Waals surface area (Å²) in [6.07, 6.45) is 5.73. The summed E-state index contributed by atoms with van der Waals surface area (Å²) in [6, 6.07) is 6.54. The third-order valence-corrected chi connectivity index (χ3v) is 5.23. The summed E-state index contributed by atoms with van der Waals surface area (Å²) < 4.78 is 19.5. The molecule has 2 saturated heterocycles. The Hall–Kier alpha value is -2.54. The highest BCUT2D eigenvalue weighted by atomic mass is 19.1. The van der Waals surface area contributed by atoms with E-state index in [1.807, 2.05) is 17.9 Å². The van der Waals surface area contributed by atoms with Crippen LogP contribution >= 0.6 is 0 Å². The molecule has 2 aliphatic rings. The average Bonchev–Trinajstić information content (AvgIpc) is 3.03. The van der Waals surface area contributed by atoms with Crippen molar-refractivity contribution >= 4 is 11.6 Å². The maximum absolute atomic E-state index is 13.4. The van der Waals surface area contributed by atoms with Gasteiger partial charge in [0.25, 0.3) is 5.91 Å². The van der Waals surface area contributed by atoms with Crippen LogP contribution in [0.5, 0.6) is 0 Å². The Morgan fingerprint density at radius 3 is 3.04 bits per heavy atom. The number of ether oxygens (including phenoxy) is 1. The van der Waals surface area contributed by atoms with Gasteiger partial charge in [0.15, 0.2) is 0 Å². The van der Waals surface area contributed by atoms with Gasteiger partial charge in [0.05, 0.1) is 36.7 Å². The molecule has 6 nitrogen and oxygen atoms in total. The number of nitrogens with one attached hydrogen (secondary N) is 1. The van der Waals surface area contributed by atoms with Gasteiger partial charge < -0.3 is 15.0 Å². The van der Waals surface area contributed by atoms with Crippen molar-refractivity contribution in [2.24, 2.45) is 0 Å². The van der Waals surface area contributed by atoms with Crippen LogP contribution in [0.1, 0.15) is 35.4 Å². The molecule has 7 heteroatoms. The molecule has 2 aromatic rings. The molecule has 1 N–H and O–H groups in total. The highest BCUT2D eigenvalue weighted by Crippen LogP contribution is 2.36. The first-order valence-electron chi connectivity index (χ1n) is 9.27. The predicted octanol–water partition coefficient (Wildman–Crippen LogP) is 2.80. The molecule has 2 atom stereocenters. The molecule has 2 fully saturated rings. The maximum Gasteiger partial charge on any atom is 0.274 e. The number of likely N-dealkylation sites (tertiary alicyclic amines) is 1. The summed E-state index contributed by atoms with van der Waals surface area (Å²) in [4.78, 5) is 23.0. The standard InChI is InChI=1S/C20H23FN4O2/c1-14-10-23-18(11-22-14)19(26)25-7-3-6-20(13-25)9-17(12-27-20)24-16-5-2-4-15(21)8-16/h2,4-5,8,10-11,17,24H,3,6-7,9,12-13H2,1H3. The van der Waals surface area contributed by atoms with E-state index in [4.69, 9.17) is 4.74 Å². The maximum atomic E-state index is 13.4. The van der Waals surface area contributed by atoms with Gasteiger partial charge in [-0.2, -0.15) is 0 Å². The van der Waals surface area contributed by atoms with Crippen molar-refractivity contribution in [2.75, 3.05) is 25.0 Å². The second kappa shape index (κ2) is 7.23. The van der Waals surface area contributed by atoms with E-state index in [0.29, 0.717) is 25.4 Å². The Balaban J connectivity index is 1.41. The number of rotatable bonds is 3. The summed E-state index contributed by atoms with van der Waals surface area (Å²) in [6.45, 7) is 3.63. The van der Waals surface area contributed by atoms with Crippen molar-refractivity contribution in [2.45, 2.75) is 37.8 Å². The van der Waals surface area contributed by atoms with Gasteiger partial charge in [-0.15, -0.1) is 0 Å². The number of halogens is 1. The van der Waals surface area contributed by atoms with E-state index in [9.17, 15) is 9.18 Å². The molecule has 1 aromatic carbocycles. The van der Waals surface area contributed by atoms with Crippen molar-refractivity contribution in [1.82, 2.24) is 14.9 Å². The van der Waals surface area contributed by atoms with Gasteiger partial charge in [0.1, 0.15) is 11.5 Å². The first-order valence-corrected chi connectivity index (χ1v) is 9.27. The summed E-state index contributed by atoms with van der Waals surface area (Å²) in [5.41, 5.74) is 1.55. The molecular formula is C20H23FN4O2. The van der Waals surface area contributed by atoms with Gasteiger partial charge in [-0.3, -0.25) is 9.78 Å². The zero-order valence-electron chi connectivity index (χ0n) is 15.3. The second-order valence-electron chi connectivity index (χ2n) is 7.42. The molecule has 1 amide bonds. The fourth-order valence-electron chi connectivity index (χ4n) is 3.97. The molecule has 2 unspecified atom stereocenters. The van der Waals surface area contributed by atoms with Crippen LogP contribution in [0.2, 0.25) is 0 Å². The minimum atomic E-state index is -0.350. The summed E-state index contributed by atoms with van der Waals surface area (Å²) in [5, 5.41) is 3.34. The zero-order chi connectivity index (χ0) is 18.9. The molecule has 4 rings (SSSR count). The summed E-state index contributed by atoms with van der Waals surface area (Å²) >= 11 is 0. The van der Waals surface area contributed by atoms with Crippen LogP contribution in [-0.2, 0) is 4.74 Å². The molecule has 0 bridgehead atoms. The Kier molecular flexibility index (Phi) is 4.78.